The molecule has 0 bridgehead atoms. The van der Waals surface area contributed by atoms with Gasteiger partial charge in [0.25, 0.3) is 5.91 Å². The Kier molecular flexibility index (Phi) is 8.31. The first-order chi connectivity index (χ1) is 15.7. The minimum atomic E-state index is -0.754. The number of carbonyl (C=O) groups is 2. The number of benzene rings is 1. The average Bonchev–Trinajstić information content (AvgIpc) is 3.26. The van der Waals surface area contributed by atoms with Crippen LogP contribution in [0.4, 0.5) is 0 Å². The lowest BCUT2D eigenvalue weighted by Gasteiger charge is -2.29. The molecule has 0 fully saturated rings. The Hall–Kier alpha value is -2.23. The fourth-order valence-electron chi connectivity index (χ4n) is 4.23. The largest absolute Gasteiger partial charge is 0.503 e. The Labute approximate surface area is 207 Å². The van der Waals surface area contributed by atoms with E-state index >= 15 is 0 Å². The maximum atomic E-state index is 13.6. The molecule has 1 aliphatic heterocycles. The van der Waals surface area contributed by atoms with Crippen molar-refractivity contribution in [2.24, 2.45) is 0 Å². The maximum Gasteiger partial charge on any atom is 0.290 e. The van der Waals surface area contributed by atoms with Gasteiger partial charge in [-0.25, -0.2) is 4.98 Å². The van der Waals surface area contributed by atoms with Crippen LogP contribution in [-0.4, -0.2) is 64.9 Å². The molecule has 33 heavy (non-hydrogen) atoms. The highest BCUT2D eigenvalue weighted by Crippen LogP contribution is 2.44. The zero-order valence-corrected chi connectivity index (χ0v) is 22.0. The molecule has 1 aromatic heterocycles. The van der Waals surface area contributed by atoms with Gasteiger partial charge in [0.2, 0.25) is 5.78 Å². The Bertz CT molecular complexity index is 1080. The Morgan fingerprint density at radius 1 is 1.30 bits per heavy atom. The van der Waals surface area contributed by atoms with Gasteiger partial charge in [0, 0.05) is 16.6 Å². The molecule has 1 aliphatic rings. The van der Waals surface area contributed by atoms with E-state index in [9.17, 15) is 14.7 Å². The number of Topliss-reactive ketones (excluding diaryl/α,β-unsaturated/α-hetero) is 1. The van der Waals surface area contributed by atoms with Gasteiger partial charge in [-0.1, -0.05) is 29.8 Å². The van der Waals surface area contributed by atoms with Crippen molar-refractivity contribution < 1.29 is 19.4 Å². The number of nitrogens with zero attached hydrogens (tertiary/aromatic N) is 3. The fraction of sp³-hybridized carbons (Fsp3) is 0.458. The van der Waals surface area contributed by atoms with Crippen LogP contribution >= 0.6 is 27.3 Å². The molecule has 0 aliphatic carbocycles. The van der Waals surface area contributed by atoms with E-state index in [2.05, 4.69) is 39.7 Å². The van der Waals surface area contributed by atoms with Gasteiger partial charge < -0.3 is 19.6 Å². The predicted octanol–water partition coefficient (Wildman–Crippen LogP) is 4.84. The number of aromatic nitrogens is 1. The topological polar surface area (TPSA) is 83.0 Å². The van der Waals surface area contributed by atoms with Crippen LogP contribution in [0.5, 0.6) is 5.75 Å². The van der Waals surface area contributed by atoms with Crippen molar-refractivity contribution in [1.29, 1.82) is 0 Å². The number of aliphatic hydroxyl groups excluding tert-OH is 1. The Morgan fingerprint density at radius 2 is 2.00 bits per heavy atom. The van der Waals surface area contributed by atoms with Gasteiger partial charge in [0.15, 0.2) is 5.76 Å². The second-order valence-electron chi connectivity index (χ2n) is 7.91. The lowest BCUT2D eigenvalue weighted by molar-refractivity contribution is -0.129. The smallest absolute Gasteiger partial charge is 0.290 e. The molecule has 0 saturated carbocycles. The summed E-state index contributed by atoms with van der Waals surface area (Å²) in [7, 11) is 1.55. The van der Waals surface area contributed by atoms with Crippen molar-refractivity contribution >= 4 is 39.0 Å². The summed E-state index contributed by atoms with van der Waals surface area (Å²) in [5, 5.41) is 11.7. The van der Waals surface area contributed by atoms with Crippen LogP contribution in [0.15, 0.2) is 34.0 Å². The average molecular weight is 536 g/mol. The second kappa shape index (κ2) is 10.8. The van der Waals surface area contributed by atoms with E-state index in [0.717, 1.165) is 29.1 Å². The first kappa shape index (κ1) is 25.4. The van der Waals surface area contributed by atoms with E-state index in [-0.39, 0.29) is 11.4 Å². The molecule has 1 amide bonds. The van der Waals surface area contributed by atoms with Crippen molar-refractivity contribution in [3.8, 4) is 5.75 Å². The summed E-state index contributed by atoms with van der Waals surface area (Å²) >= 11 is 4.76. The number of hydrogen-bond donors (Lipinski definition) is 1. The number of hydrogen-bond acceptors (Lipinski definition) is 7. The summed E-state index contributed by atoms with van der Waals surface area (Å²) in [6.45, 7) is 10.9. The summed E-state index contributed by atoms with van der Waals surface area (Å²) in [4.78, 5) is 35.5. The first-order valence-electron chi connectivity index (χ1n) is 11.0. The molecule has 2 heterocycles. The number of carbonyl (C=O) groups excluding carboxylic acids is 2. The third-order valence-electron chi connectivity index (χ3n) is 5.91. The van der Waals surface area contributed by atoms with E-state index in [1.807, 2.05) is 19.1 Å². The molecule has 1 unspecified atom stereocenters. The molecule has 0 radical (unpaired) electrons. The highest BCUT2D eigenvalue weighted by atomic mass is 79.9. The molecule has 9 heteroatoms. The molecule has 178 valence electrons. The third-order valence-corrected chi connectivity index (χ3v) is 7.48. The molecular weight excluding hydrogens is 506 g/mol. The molecule has 3 rings (SSSR count). The molecule has 0 saturated heterocycles. The molecule has 1 N–H and O–H groups in total. The number of halogens is 1. The van der Waals surface area contributed by atoms with Gasteiger partial charge >= 0.3 is 0 Å². The Balaban J connectivity index is 2.07. The Morgan fingerprint density at radius 3 is 2.58 bits per heavy atom. The lowest BCUT2D eigenvalue weighted by atomic mass is 9.94. The lowest BCUT2D eigenvalue weighted by Crippen LogP contribution is -2.34. The van der Waals surface area contributed by atoms with Crippen molar-refractivity contribution in [2.75, 3.05) is 33.3 Å². The highest BCUT2D eigenvalue weighted by Gasteiger charge is 2.45. The number of ketones is 1. The van der Waals surface area contributed by atoms with Crippen LogP contribution in [0.3, 0.4) is 0 Å². The molecule has 1 atom stereocenters. The van der Waals surface area contributed by atoms with E-state index in [0.29, 0.717) is 34.8 Å². The third kappa shape index (κ3) is 5.15. The maximum absolute atomic E-state index is 13.6. The minimum Gasteiger partial charge on any atom is -0.503 e. The number of ether oxygens (including phenoxy) is 1. The molecule has 1 aromatic carbocycles. The summed E-state index contributed by atoms with van der Waals surface area (Å²) in [5.74, 6) is -0.867. The first-order valence-corrected chi connectivity index (χ1v) is 12.6. The van der Waals surface area contributed by atoms with Crippen molar-refractivity contribution in [3.63, 3.8) is 0 Å². The van der Waals surface area contributed by atoms with Crippen LogP contribution in [-0.2, 0) is 4.79 Å². The summed E-state index contributed by atoms with van der Waals surface area (Å²) < 4.78 is 6.37. The van der Waals surface area contributed by atoms with Crippen LogP contribution < -0.4 is 4.74 Å². The second-order valence-corrected chi connectivity index (χ2v) is 10.0. The van der Waals surface area contributed by atoms with Crippen LogP contribution in [0, 0.1) is 13.8 Å². The van der Waals surface area contributed by atoms with Gasteiger partial charge in [-0.3, -0.25) is 9.59 Å². The summed E-state index contributed by atoms with van der Waals surface area (Å²) in [6.07, 6.45) is 0.716. The van der Waals surface area contributed by atoms with E-state index < -0.39 is 17.7 Å². The number of thiazole rings is 1. The monoisotopic (exact) mass is 535 g/mol. The minimum absolute atomic E-state index is 0.0750. The highest BCUT2D eigenvalue weighted by molar-refractivity contribution is 9.10. The summed E-state index contributed by atoms with van der Waals surface area (Å²) in [6, 6.07) is 4.71. The van der Waals surface area contributed by atoms with Crippen LogP contribution in [0.1, 0.15) is 52.2 Å². The van der Waals surface area contributed by atoms with Crippen molar-refractivity contribution in [3.05, 3.63) is 55.1 Å². The molecule has 0 spiro atoms. The number of rotatable bonds is 10. The van der Waals surface area contributed by atoms with Crippen molar-refractivity contribution in [1.82, 2.24) is 14.8 Å². The van der Waals surface area contributed by atoms with E-state index in [1.165, 1.54) is 11.3 Å². The van der Waals surface area contributed by atoms with Gasteiger partial charge in [-0.15, -0.1) is 11.3 Å². The zero-order chi connectivity index (χ0) is 24.3. The number of aliphatic hydroxyl groups is 1. The van der Waals surface area contributed by atoms with Crippen LogP contribution in [0.2, 0.25) is 0 Å². The SMILES string of the molecule is CCN(CC)CCCN1C(=O)C(O)=C(C(=O)c2sc(C)nc2C)C1c1cc(Br)ccc1OC. The van der Waals surface area contributed by atoms with Gasteiger partial charge in [0.05, 0.1) is 34.3 Å². The van der Waals surface area contributed by atoms with Gasteiger partial charge in [0.1, 0.15) is 5.75 Å². The van der Waals surface area contributed by atoms with Crippen LogP contribution in [0.25, 0.3) is 0 Å². The van der Waals surface area contributed by atoms with Crippen molar-refractivity contribution in [2.45, 2.75) is 40.2 Å². The fourth-order valence-corrected chi connectivity index (χ4v) is 5.48. The quantitative estimate of drug-likeness (QED) is 0.438. The molecule has 7 nitrogen and oxygen atoms in total. The summed E-state index contributed by atoms with van der Waals surface area (Å²) in [5.41, 5.74) is 1.32. The predicted molar refractivity (Wildman–Crippen MR) is 133 cm³/mol. The number of amides is 1. The molecule has 2 aromatic rings. The van der Waals surface area contributed by atoms with Gasteiger partial charge in [-0.05, 0) is 58.1 Å². The number of methoxy groups -OCH3 is 1. The number of aryl methyl sites for hydroxylation is 2. The zero-order valence-electron chi connectivity index (χ0n) is 19.6. The standard InChI is InChI=1S/C24H30BrN3O4S/c1-6-27(7-2)11-8-12-28-20(17-13-16(25)9-10-18(17)32-5)19(22(30)24(28)31)21(29)23-14(3)26-15(4)33-23/h9-10,13,20,30H,6-8,11-12H2,1-5H3. The molecular formula is C24H30BrN3O4S. The van der Waals surface area contributed by atoms with Gasteiger partial charge in [-0.2, -0.15) is 0 Å². The van der Waals surface area contributed by atoms with E-state index in [1.54, 1.807) is 25.0 Å². The normalized spacial score (nSPS) is 16.3. The van der Waals surface area contributed by atoms with E-state index in [4.69, 9.17) is 4.74 Å².